The number of hydrogen-bond donors (Lipinski definition) is 0. The summed E-state index contributed by atoms with van der Waals surface area (Å²) < 4.78 is 6.14. The number of halogens is 1. The maximum Gasteiger partial charge on any atom is 0.165 e. The van der Waals surface area contributed by atoms with Crippen molar-refractivity contribution in [3.8, 4) is 0 Å². The topological polar surface area (TPSA) is 33.5 Å². The molecule has 100 valence electrons. The molecule has 2 rings (SSSR count). The third-order valence-electron chi connectivity index (χ3n) is 2.90. The van der Waals surface area contributed by atoms with E-state index in [-0.39, 0.29) is 5.78 Å². The molecule has 0 amide bonds. The van der Waals surface area contributed by atoms with Gasteiger partial charge in [-0.05, 0) is 25.2 Å². The van der Waals surface area contributed by atoms with E-state index in [2.05, 4.69) is 20.8 Å². The molecule has 0 atom stereocenters. The summed E-state index contributed by atoms with van der Waals surface area (Å²) in [4.78, 5) is 14.2. The molecule has 0 unspecified atom stereocenters. The largest absolute Gasteiger partial charge is 0.468 e. The lowest BCUT2D eigenvalue weighted by molar-refractivity contribution is 0.0965. The van der Waals surface area contributed by atoms with Crippen molar-refractivity contribution < 1.29 is 9.21 Å². The Morgan fingerprint density at radius 2 is 2.05 bits per heavy atom. The van der Waals surface area contributed by atoms with E-state index in [9.17, 15) is 4.79 Å². The van der Waals surface area contributed by atoms with Crippen LogP contribution in [0.3, 0.4) is 0 Å². The highest BCUT2D eigenvalue weighted by Gasteiger charge is 2.11. The van der Waals surface area contributed by atoms with Gasteiger partial charge in [-0.25, -0.2) is 0 Å². The summed E-state index contributed by atoms with van der Waals surface area (Å²) in [5.74, 6) is 1.06. The first-order chi connectivity index (χ1) is 9.16. The zero-order valence-corrected chi connectivity index (χ0v) is 12.4. The average molecular weight is 322 g/mol. The van der Waals surface area contributed by atoms with E-state index < -0.39 is 0 Å². The first kappa shape index (κ1) is 14.0. The number of carbonyl (C=O) groups is 1. The Kier molecular flexibility index (Phi) is 4.93. The van der Waals surface area contributed by atoms with Gasteiger partial charge in [-0.2, -0.15) is 0 Å². The lowest BCUT2D eigenvalue weighted by Crippen LogP contribution is -2.21. The Bertz CT molecular complexity index is 537. The fourth-order valence-electron chi connectivity index (χ4n) is 1.86. The number of Topliss-reactive ketones (excluding diaryl/α,β-unsaturated/α-hetero) is 1. The monoisotopic (exact) mass is 321 g/mol. The van der Waals surface area contributed by atoms with Crippen LogP contribution in [0.2, 0.25) is 0 Å². The van der Waals surface area contributed by atoms with Crippen molar-refractivity contribution in [3.63, 3.8) is 0 Å². The van der Waals surface area contributed by atoms with Gasteiger partial charge < -0.3 is 4.42 Å². The maximum atomic E-state index is 12.1. The van der Waals surface area contributed by atoms with Crippen LogP contribution in [-0.4, -0.2) is 24.3 Å². The summed E-state index contributed by atoms with van der Waals surface area (Å²) in [5.41, 5.74) is 0.744. The number of hydrogen-bond acceptors (Lipinski definition) is 3. The molecule has 3 nitrogen and oxygen atoms in total. The van der Waals surface area contributed by atoms with Gasteiger partial charge in [0.2, 0.25) is 0 Å². The zero-order valence-electron chi connectivity index (χ0n) is 10.8. The molecular formula is C15H16BrNO2. The quantitative estimate of drug-likeness (QED) is 0.760. The predicted octanol–water partition coefficient (Wildman–Crippen LogP) is 3.75. The van der Waals surface area contributed by atoms with Gasteiger partial charge in [-0.1, -0.05) is 34.1 Å². The summed E-state index contributed by atoms with van der Waals surface area (Å²) in [7, 11) is 1.98. The smallest absolute Gasteiger partial charge is 0.165 e. The van der Waals surface area contributed by atoms with Crippen LogP contribution in [0, 0.1) is 0 Å². The van der Waals surface area contributed by atoms with Gasteiger partial charge in [0.05, 0.1) is 12.8 Å². The van der Waals surface area contributed by atoms with Gasteiger partial charge >= 0.3 is 0 Å². The highest BCUT2D eigenvalue weighted by molar-refractivity contribution is 9.10. The van der Waals surface area contributed by atoms with E-state index in [4.69, 9.17) is 4.42 Å². The maximum absolute atomic E-state index is 12.1. The second kappa shape index (κ2) is 6.68. The fourth-order valence-corrected chi connectivity index (χ4v) is 2.37. The minimum atomic E-state index is 0.152. The van der Waals surface area contributed by atoms with Crippen LogP contribution in [-0.2, 0) is 6.54 Å². The van der Waals surface area contributed by atoms with Gasteiger partial charge in [0.25, 0.3) is 0 Å². The molecule has 19 heavy (non-hydrogen) atoms. The molecule has 2 aromatic rings. The van der Waals surface area contributed by atoms with Crippen molar-refractivity contribution in [1.82, 2.24) is 4.90 Å². The van der Waals surface area contributed by atoms with Gasteiger partial charge in [-0.15, -0.1) is 0 Å². The Balaban J connectivity index is 1.85. The molecule has 1 heterocycles. The normalized spacial score (nSPS) is 10.9. The molecule has 0 aliphatic rings. The zero-order chi connectivity index (χ0) is 13.7. The number of ketones is 1. The van der Waals surface area contributed by atoms with Crippen molar-refractivity contribution in [3.05, 3.63) is 58.5 Å². The Morgan fingerprint density at radius 1 is 1.26 bits per heavy atom. The Hall–Kier alpha value is -1.39. The number of rotatable bonds is 6. The molecule has 0 saturated heterocycles. The molecule has 1 aromatic carbocycles. The van der Waals surface area contributed by atoms with E-state index in [1.165, 1.54) is 0 Å². The van der Waals surface area contributed by atoms with Gasteiger partial charge in [0.15, 0.2) is 5.78 Å². The number of furan rings is 1. The molecule has 0 radical (unpaired) electrons. The molecule has 0 bridgehead atoms. The number of nitrogens with zero attached hydrogens (tertiary/aromatic N) is 1. The SMILES string of the molecule is CN(CCC(=O)c1ccccc1Br)Cc1ccco1. The van der Waals surface area contributed by atoms with Gasteiger partial charge in [-0.3, -0.25) is 9.69 Å². The second-order valence-corrected chi connectivity index (χ2v) is 5.32. The van der Waals surface area contributed by atoms with Crippen molar-refractivity contribution in [1.29, 1.82) is 0 Å². The van der Waals surface area contributed by atoms with Crippen molar-refractivity contribution >= 4 is 21.7 Å². The molecule has 0 aliphatic carbocycles. The molecule has 0 aliphatic heterocycles. The highest BCUT2D eigenvalue weighted by atomic mass is 79.9. The average Bonchev–Trinajstić information content (AvgIpc) is 2.89. The van der Waals surface area contributed by atoms with Crippen LogP contribution >= 0.6 is 15.9 Å². The lowest BCUT2D eigenvalue weighted by atomic mass is 10.1. The fraction of sp³-hybridized carbons (Fsp3) is 0.267. The molecule has 1 aromatic heterocycles. The van der Waals surface area contributed by atoms with E-state index in [1.807, 2.05) is 43.4 Å². The summed E-state index contributed by atoms with van der Waals surface area (Å²) >= 11 is 3.40. The summed E-state index contributed by atoms with van der Waals surface area (Å²) in [6.45, 7) is 1.43. The van der Waals surface area contributed by atoms with Crippen molar-refractivity contribution in [2.24, 2.45) is 0 Å². The molecule has 0 spiro atoms. The van der Waals surface area contributed by atoms with Crippen molar-refractivity contribution in [2.45, 2.75) is 13.0 Å². The summed E-state index contributed by atoms with van der Waals surface area (Å²) in [5, 5.41) is 0. The minimum absolute atomic E-state index is 0.152. The Labute approximate surface area is 121 Å². The first-order valence-corrected chi connectivity index (χ1v) is 6.95. The van der Waals surface area contributed by atoms with Gasteiger partial charge in [0.1, 0.15) is 5.76 Å². The number of benzene rings is 1. The number of carbonyl (C=O) groups excluding carboxylic acids is 1. The first-order valence-electron chi connectivity index (χ1n) is 6.15. The second-order valence-electron chi connectivity index (χ2n) is 4.47. The standard InChI is InChI=1S/C15H16BrNO2/c1-17(11-12-5-4-10-19-12)9-8-15(18)13-6-2-3-7-14(13)16/h2-7,10H,8-9,11H2,1H3. The molecule has 0 N–H and O–H groups in total. The van der Waals surface area contributed by atoms with Crippen LogP contribution in [0.5, 0.6) is 0 Å². The summed E-state index contributed by atoms with van der Waals surface area (Å²) in [6.07, 6.45) is 2.16. The molecule has 4 heteroatoms. The van der Waals surface area contributed by atoms with E-state index in [0.29, 0.717) is 13.0 Å². The Morgan fingerprint density at radius 3 is 2.74 bits per heavy atom. The highest BCUT2D eigenvalue weighted by Crippen LogP contribution is 2.17. The van der Waals surface area contributed by atoms with E-state index in [1.54, 1.807) is 6.26 Å². The van der Waals surface area contributed by atoms with E-state index in [0.717, 1.165) is 22.3 Å². The third-order valence-corrected chi connectivity index (χ3v) is 3.59. The van der Waals surface area contributed by atoms with Gasteiger partial charge in [0, 0.05) is 23.0 Å². The van der Waals surface area contributed by atoms with Crippen molar-refractivity contribution in [2.75, 3.05) is 13.6 Å². The molecular weight excluding hydrogens is 306 g/mol. The van der Waals surface area contributed by atoms with Crippen LogP contribution in [0.1, 0.15) is 22.5 Å². The van der Waals surface area contributed by atoms with Crippen LogP contribution in [0.4, 0.5) is 0 Å². The van der Waals surface area contributed by atoms with Crippen LogP contribution in [0.15, 0.2) is 51.6 Å². The molecule has 0 saturated carbocycles. The summed E-state index contributed by atoms with van der Waals surface area (Å²) in [6, 6.07) is 11.3. The third kappa shape index (κ3) is 4.04. The minimum Gasteiger partial charge on any atom is -0.468 e. The van der Waals surface area contributed by atoms with E-state index >= 15 is 0 Å². The molecule has 0 fully saturated rings. The van der Waals surface area contributed by atoms with Crippen LogP contribution < -0.4 is 0 Å². The van der Waals surface area contributed by atoms with Crippen LogP contribution in [0.25, 0.3) is 0 Å². The lowest BCUT2D eigenvalue weighted by Gasteiger charge is -2.14. The predicted molar refractivity (Wildman–Crippen MR) is 78.1 cm³/mol.